The highest BCUT2D eigenvalue weighted by Gasteiger charge is 2.38. The van der Waals surface area contributed by atoms with Gasteiger partial charge >= 0.3 is 0 Å². The zero-order chi connectivity index (χ0) is 17.4. The Labute approximate surface area is 148 Å². The molecule has 0 radical (unpaired) electrons. The lowest BCUT2D eigenvalue weighted by Gasteiger charge is -2.27. The van der Waals surface area contributed by atoms with Crippen LogP contribution in [-0.4, -0.2) is 39.5 Å². The molecule has 1 aliphatic heterocycles. The van der Waals surface area contributed by atoms with E-state index in [1.54, 1.807) is 0 Å². The molecular weight excluding hydrogens is 316 g/mol. The molecular formula is C19H28N4O2. The largest absolute Gasteiger partial charge is 0.339 e. The first-order valence-electron chi connectivity index (χ1n) is 9.78. The number of carbonyl (C=O) groups is 2. The third-order valence-electron chi connectivity index (χ3n) is 6.07. The predicted octanol–water partition coefficient (Wildman–Crippen LogP) is 3.11. The molecule has 1 aromatic rings. The van der Waals surface area contributed by atoms with Crippen LogP contribution in [-0.2, 0) is 9.59 Å². The molecule has 4 rings (SSSR count). The Morgan fingerprint density at radius 3 is 2.56 bits per heavy atom. The van der Waals surface area contributed by atoms with Crippen LogP contribution in [0.4, 0.5) is 5.82 Å². The number of rotatable bonds is 4. The fraction of sp³-hybridized carbons (Fsp3) is 0.737. The molecule has 3 fully saturated rings. The molecule has 0 bridgehead atoms. The number of anilines is 1. The Bertz CT molecular complexity index is 656. The molecule has 0 spiro atoms. The van der Waals surface area contributed by atoms with E-state index in [1.165, 1.54) is 38.5 Å². The van der Waals surface area contributed by atoms with Crippen LogP contribution in [0.1, 0.15) is 75.0 Å². The molecule has 6 heteroatoms. The average molecular weight is 344 g/mol. The second kappa shape index (κ2) is 6.81. The van der Waals surface area contributed by atoms with Gasteiger partial charge < -0.3 is 10.2 Å². The minimum Gasteiger partial charge on any atom is -0.339 e. The van der Waals surface area contributed by atoms with E-state index in [0.29, 0.717) is 30.7 Å². The van der Waals surface area contributed by atoms with Gasteiger partial charge in [0.15, 0.2) is 5.82 Å². The highest BCUT2D eigenvalue weighted by Crippen LogP contribution is 2.41. The van der Waals surface area contributed by atoms with Crippen molar-refractivity contribution in [3.05, 3.63) is 11.3 Å². The quantitative estimate of drug-likeness (QED) is 0.824. The maximum Gasteiger partial charge on any atom is 0.231 e. The lowest BCUT2D eigenvalue weighted by atomic mass is 10.1. The van der Waals surface area contributed by atoms with Gasteiger partial charge in [-0.3, -0.25) is 14.7 Å². The number of hydrogen-bond donors (Lipinski definition) is 2. The Morgan fingerprint density at radius 2 is 1.88 bits per heavy atom. The summed E-state index contributed by atoms with van der Waals surface area (Å²) in [6, 6.07) is 0.335. The summed E-state index contributed by atoms with van der Waals surface area (Å²) in [6.07, 6.45) is 9.83. The van der Waals surface area contributed by atoms with Crippen molar-refractivity contribution in [2.45, 2.75) is 76.7 Å². The van der Waals surface area contributed by atoms with Crippen LogP contribution >= 0.6 is 0 Å². The topological polar surface area (TPSA) is 78.1 Å². The van der Waals surface area contributed by atoms with Gasteiger partial charge in [-0.2, -0.15) is 5.10 Å². The maximum absolute atomic E-state index is 12.7. The molecule has 2 amide bonds. The van der Waals surface area contributed by atoms with Gasteiger partial charge in [-0.15, -0.1) is 0 Å². The van der Waals surface area contributed by atoms with Crippen molar-refractivity contribution in [3.63, 3.8) is 0 Å². The van der Waals surface area contributed by atoms with E-state index in [-0.39, 0.29) is 17.7 Å². The number of aromatic amines is 1. The highest BCUT2D eigenvalue weighted by atomic mass is 16.2. The molecule has 3 aliphatic rings. The van der Waals surface area contributed by atoms with E-state index < -0.39 is 0 Å². The van der Waals surface area contributed by atoms with Gasteiger partial charge in [-0.05, 0) is 32.6 Å². The van der Waals surface area contributed by atoms with Crippen molar-refractivity contribution >= 4 is 17.6 Å². The van der Waals surface area contributed by atoms with E-state index in [2.05, 4.69) is 15.5 Å². The van der Waals surface area contributed by atoms with Crippen LogP contribution < -0.4 is 5.32 Å². The average Bonchev–Trinajstić information content (AvgIpc) is 3.34. The molecule has 2 heterocycles. The maximum atomic E-state index is 12.7. The summed E-state index contributed by atoms with van der Waals surface area (Å²) < 4.78 is 0. The third kappa shape index (κ3) is 3.44. The standard InChI is InChI=1S/C19H28N4O2/c1-12-17(13-8-9-13)21-22-18(12)20-19(25)14-10-16(24)23(11-14)15-6-4-2-3-5-7-15/h13-15H,2-11H2,1H3,(H2,20,21,22,25). The summed E-state index contributed by atoms with van der Waals surface area (Å²) in [4.78, 5) is 27.1. The summed E-state index contributed by atoms with van der Waals surface area (Å²) in [5.41, 5.74) is 2.19. The Kier molecular flexibility index (Phi) is 4.52. The second-order valence-corrected chi connectivity index (χ2v) is 7.97. The fourth-order valence-corrected chi connectivity index (χ4v) is 4.35. The van der Waals surface area contributed by atoms with Crippen molar-refractivity contribution < 1.29 is 9.59 Å². The number of nitrogens with one attached hydrogen (secondary N) is 2. The summed E-state index contributed by atoms with van der Waals surface area (Å²) in [6.45, 7) is 2.57. The number of hydrogen-bond acceptors (Lipinski definition) is 3. The van der Waals surface area contributed by atoms with E-state index in [9.17, 15) is 9.59 Å². The van der Waals surface area contributed by atoms with Crippen molar-refractivity contribution in [1.29, 1.82) is 0 Å². The molecule has 0 aromatic carbocycles. The molecule has 6 nitrogen and oxygen atoms in total. The minimum absolute atomic E-state index is 0.0681. The lowest BCUT2D eigenvalue weighted by Crippen LogP contribution is -2.37. The van der Waals surface area contributed by atoms with Gasteiger partial charge in [-0.1, -0.05) is 25.7 Å². The lowest BCUT2D eigenvalue weighted by molar-refractivity contribution is -0.130. The van der Waals surface area contributed by atoms with E-state index in [1.807, 2.05) is 11.8 Å². The number of amides is 2. The second-order valence-electron chi connectivity index (χ2n) is 7.97. The van der Waals surface area contributed by atoms with E-state index in [0.717, 1.165) is 24.1 Å². The number of carbonyl (C=O) groups excluding carboxylic acids is 2. The van der Waals surface area contributed by atoms with Crippen LogP contribution in [0.2, 0.25) is 0 Å². The Hall–Kier alpha value is -1.85. The first-order chi connectivity index (χ1) is 12.1. The van der Waals surface area contributed by atoms with Gasteiger partial charge in [0.1, 0.15) is 0 Å². The molecule has 1 aromatic heterocycles. The molecule has 1 atom stereocenters. The summed E-state index contributed by atoms with van der Waals surface area (Å²) in [5, 5.41) is 10.3. The van der Waals surface area contributed by atoms with Crippen LogP contribution in [0.15, 0.2) is 0 Å². The summed E-state index contributed by atoms with van der Waals surface area (Å²) in [5.74, 6) is 1.03. The number of nitrogens with zero attached hydrogens (tertiary/aromatic N) is 2. The molecule has 2 saturated carbocycles. The van der Waals surface area contributed by atoms with E-state index >= 15 is 0 Å². The van der Waals surface area contributed by atoms with Gasteiger partial charge in [-0.25, -0.2) is 0 Å². The normalized spacial score (nSPS) is 25.2. The molecule has 136 valence electrons. The van der Waals surface area contributed by atoms with Crippen LogP contribution in [0.3, 0.4) is 0 Å². The summed E-state index contributed by atoms with van der Waals surface area (Å²) in [7, 11) is 0. The van der Waals surface area contributed by atoms with Gasteiger partial charge in [0.25, 0.3) is 0 Å². The number of H-pyrrole nitrogens is 1. The monoisotopic (exact) mass is 344 g/mol. The zero-order valence-electron chi connectivity index (χ0n) is 15.0. The van der Waals surface area contributed by atoms with Gasteiger partial charge in [0.2, 0.25) is 11.8 Å². The van der Waals surface area contributed by atoms with Crippen LogP contribution in [0.25, 0.3) is 0 Å². The Morgan fingerprint density at radius 1 is 1.16 bits per heavy atom. The minimum atomic E-state index is -0.253. The zero-order valence-corrected chi connectivity index (χ0v) is 15.0. The van der Waals surface area contributed by atoms with Gasteiger partial charge in [0, 0.05) is 36.2 Å². The van der Waals surface area contributed by atoms with Crippen molar-refractivity contribution in [3.8, 4) is 0 Å². The predicted molar refractivity (Wildman–Crippen MR) is 95.2 cm³/mol. The van der Waals surface area contributed by atoms with E-state index in [4.69, 9.17) is 0 Å². The SMILES string of the molecule is Cc1c(NC(=O)C2CC(=O)N(C3CCCCCC3)C2)n[nH]c1C1CC1. The first-order valence-corrected chi connectivity index (χ1v) is 9.78. The first kappa shape index (κ1) is 16.6. The number of likely N-dealkylation sites (tertiary alicyclic amines) is 1. The molecule has 2 N–H and O–H groups in total. The molecule has 2 aliphatic carbocycles. The van der Waals surface area contributed by atoms with Crippen molar-refractivity contribution in [2.24, 2.45) is 5.92 Å². The molecule has 1 unspecified atom stereocenters. The number of aromatic nitrogens is 2. The third-order valence-corrected chi connectivity index (χ3v) is 6.07. The highest BCUT2D eigenvalue weighted by molar-refractivity contribution is 5.97. The van der Waals surface area contributed by atoms with Gasteiger partial charge in [0.05, 0.1) is 5.92 Å². The van der Waals surface area contributed by atoms with Crippen LogP contribution in [0, 0.1) is 12.8 Å². The van der Waals surface area contributed by atoms with Crippen molar-refractivity contribution in [2.75, 3.05) is 11.9 Å². The fourth-order valence-electron chi connectivity index (χ4n) is 4.35. The Balaban J connectivity index is 1.38. The van der Waals surface area contributed by atoms with Crippen molar-refractivity contribution in [1.82, 2.24) is 15.1 Å². The van der Waals surface area contributed by atoms with Crippen LogP contribution in [0.5, 0.6) is 0 Å². The smallest absolute Gasteiger partial charge is 0.231 e. The molecule has 1 saturated heterocycles. The summed E-state index contributed by atoms with van der Waals surface area (Å²) >= 11 is 0. The molecule has 25 heavy (non-hydrogen) atoms.